The number of rotatable bonds is 12. The van der Waals surface area contributed by atoms with E-state index in [9.17, 15) is 22.8 Å². The van der Waals surface area contributed by atoms with E-state index in [1.165, 1.54) is 48.6 Å². The predicted octanol–water partition coefficient (Wildman–Crippen LogP) is 6.39. The lowest BCUT2D eigenvalue weighted by molar-refractivity contribution is -0.140. The highest BCUT2D eigenvalue weighted by Crippen LogP contribution is 2.39. The van der Waals surface area contributed by atoms with Crippen molar-refractivity contribution in [1.29, 1.82) is 0 Å². The van der Waals surface area contributed by atoms with Gasteiger partial charge in [0, 0.05) is 29.0 Å². The average Bonchev–Trinajstić information content (AvgIpc) is 3.38. The van der Waals surface area contributed by atoms with Gasteiger partial charge in [-0.3, -0.25) is 9.59 Å². The summed E-state index contributed by atoms with van der Waals surface area (Å²) in [5, 5.41) is 6.80. The maximum absolute atomic E-state index is 13.9. The van der Waals surface area contributed by atoms with Crippen molar-refractivity contribution in [1.82, 2.24) is 5.43 Å². The molecule has 0 aliphatic carbocycles. The number of nitrogens with one attached hydrogen (secondary N) is 2. The fourth-order valence-electron chi connectivity index (χ4n) is 4.33. The van der Waals surface area contributed by atoms with Crippen LogP contribution < -0.4 is 16.5 Å². The van der Waals surface area contributed by atoms with Crippen molar-refractivity contribution in [3.05, 3.63) is 52.9 Å². The SMILES string of the molecule is COC(=O)CCCCC(=O)Nc1cc(N)cc(C)c1-c1cccc(S(=O)(=O)c2cc(C=NNC(=O)OC(C)(C)C)sc2SC)c1. The first-order chi connectivity index (χ1) is 21.1. The van der Waals surface area contributed by atoms with Gasteiger partial charge in [-0.25, -0.2) is 18.6 Å². The highest BCUT2D eigenvalue weighted by Gasteiger charge is 2.25. The summed E-state index contributed by atoms with van der Waals surface area (Å²) in [4.78, 5) is 36.7. The van der Waals surface area contributed by atoms with Crippen LogP contribution in [-0.2, 0) is 28.9 Å². The van der Waals surface area contributed by atoms with Crippen LogP contribution in [0.3, 0.4) is 0 Å². The first-order valence-electron chi connectivity index (χ1n) is 14.0. The summed E-state index contributed by atoms with van der Waals surface area (Å²) in [5.74, 6) is -0.584. The number of carbonyl (C=O) groups is 3. The first-order valence-corrected chi connectivity index (χ1v) is 17.5. The highest BCUT2D eigenvalue weighted by molar-refractivity contribution is 8.01. The Labute approximate surface area is 271 Å². The molecule has 1 aromatic heterocycles. The van der Waals surface area contributed by atoms with Crippen LogP contribution in [0, 0.1) is 6.92 Å². The average molecular weight is 675 g/mol. The van der Waals surface area contributed by atoms with Crippen molar-refractivity contribution in [3.63, 3.8) is 0 Å². The number of amides is 2. The molecule has 4 N–H and O–H groups in total. The lowest BCUT2D eigenvalue weighted by atomic mass is 9.97. The number of hydrogen-bond acceptors (Lipinski definition) is 11. The number of methoxy groups -OCH3 is 1. The molecule has 3 rings (SSSR count). The number of unbranched alkanes of at least 4 members (excludes halogenated alkanes) is 1. The second-order valence-corrected chi connectivity index (χ2v) is 15.1. The molecule has 0 aliphatic heterocycles. The van der Waals surface area contributed by atoms with Crippen LogP contribution in [0.1, 0.15) is 56.9 Å². The van der Waals surface area contributed by atoms with Gasteiger partial charge in [0.1, 0.15) is 5.60 Å². The Kier molecular flexibility index (Phi) is 12.2. The number of hydrazone groups is 1. The molecule has 2 amide bonds. The Morgan fingerprint density at radius 3 is 2.47 bits per heavy atom. The molecule has 1 heterocycles. The van der Waals surface area contributed by atoms with E-state index in [1.807, 2.05) is 6.92 Å². The molecule has 14 heteroatoms. The minimum atomic E-state index is -3.97. The number of ether oxygens (including phenoxy) is 2. The number of esters is 1. The molecule has 45 heavy (non-hydrogen) atoms. The number of hydrogen-bond donors (Lipinski definition) is 3. The van der Waals surface area contributed by atoms with E-state index in [4.69, 9.17) is 10.5 Å². The number of thioether (sulfide) groups is 1. The fourth-order valence-corrected chi connectivity index (χ4v) is 8.27. The van der Waals surface area contributed by atoms with Gasteiger partial charge in [-0.05, 0) is 88.3 Å². The van der Waals surface area contributed by atoms with Crippen LogP contribution in [0.4, 0.5) is 16.2 Å². The number of nitrogens with zero attached hydrogens (tertiary/aromatic N) is 1. The minimum Gasteiger partial charge on any atom is -0.469 e. The summed E-state index contributed by atoms with van der Waals surface area (Å²) in [7, 11) is -2.65. The van der Waals surface area contributed by atoms with Gasteiger partial charge in [0.05, 0.1) is 33.0 Å². The second kappa shape index (κ2) is 15.4. The van der Waals surface area contributed by atoms with E-state index in [1.54, 1.807) is 57.4 Å². The number of aryl methyl sites for hydroxylation is 1. The van der Waals surface area contributed by atoms with E-state index in [2.05, 4.69) is 20.6 Å². The van der Waals surface area contributed by atoms with Crippen molar-refractivity contribution < 1.29 is 32.3 Å². The Hall–Kier alpha value is -3.88. The third-order valence-electron chi connectivity index (χ3n) is 6.23. The van der Waals surface area contributed by atoms with Crippen LogP contribution in [0.15, 0.2) is 61.6 Å². The van der Waals surface area contributed by atoms with Gasteiger partial charge in [-0.2, -0.15) is 5.10 Å². The van der Waals surface area contributed by atoms with Crippen LogP contribution in [-0.4, -0.2) is 51.6 Å². The maximum atomic E-state index is 13.9. The number of benzene rings is 2. The Morgan fingerprint density at radius 1 is 1.09 bits per heavy atom. The van der Waals surface area contributed by atoms with Crippen molar-refractivity contribution in [2.45, 2.75) is 73.0 Å². The summed E-state index contributed by atoms with van der Waals surface area (Å²) in [6, 6.07) is 11.4. The third-order valence-corrected chi connectivity index (χ3v) is 10.5. The first kappa shape index (κ1) is 35.6. The zero-order valence-electron chi connectivity index (χ0n) is 26.1. The topological polar surface area (TPSA) is 166 Å². The number of nitrogens with two attached hydrogens (primary N) is 1. The molecule has 0 radical (unpaired) electrons. The molecule has 0 saturated carbocycles. The molecular formula is C31H38N4O7S3. The zero-order valence-corrected chi connectivity index (χ0v) is 28.5. The number of nitrogen functional groups attached to an aromatic ring is 1. The standard InChI is InChI=1S/C31H38N4O7S3/c1-19-14-21(32)16-24(34-26(36)12-7-8-13-27(37)41-5)28(19)20-10-9-11-23(15-20)45(39,40)25-17-22(44-29(25)43-6)18-33-35-30(38)42-31(2,3)4/h9-11,14-18H,7-8,12-13,32H2,1-6H3,(H,34,36)(H,35,38). The summed E-state index contributed by atoms with van der Waals surface area (Å²) < 4.78 is 38.2. The molecule has 2 aromatic carbocycles. The van der Waals surface area contributed by atoms with Crippen LogP contribution >= 0.6 is 23.1 Å². The van der Waals surface area contributed by atoms with Crippen molar-refractivity contribution in [3.8, 4) is 11.1 Å². The third kappa shape index (κ3) is 10.1. The van der Waals surface area contributed by atoms with Gasteiger partial charge in [0.15, 0.2) is 0 Å². The van der Waals surface area contributed by atoms with E-state index in [0.29, 0.717) is 44.4 Å². The Balaban J connectivity index is 1.88. The highest BCUT2D eigenvalue weighted by atomic mass is 32.2. The van der Waals surface area contributed by atoms with Crippen molar-refractivity contribution >= 4 is 68.5 Å². The van der Waals surface area contributed by atoms with Crippen molar-refractivity contribution in [2.24, 2.45) is 5.10 Å². The Bertz CT molecular complexity index is 1690. The molecular weight excluding hydrogens is 637 g/mol. The predicted molar refractivity (Wildman–Crippen MR) is 179 cm³/mol. The number of carbonyl (C=O) groups excluding carboxylic acids is 3. The molecule has 0 unspecified atom stereocenters. The fraction of sp³-hybridized carbons (Fsp3) is 0.355. The molecule has 0 spiro atoms. The van der Waals surface area contributed by atoms with Gasteiger partial charge in [-0.1, -0.05) is 12.1 Å². The lowest BCUT2D eigenvalue weighted by Crippen LogP contribution is -2.29. The van der Waals surface area contributed by atoms with Crippen LogP contribution in [0.2, 0.25) is 0 Å². The minimum absolute atomic E-state index is 0.0692. The largest absolute Gasteiger partial charge is 0.469 e. The molecule has 3 aromatic rings. The summed E-state index contributed by atoms with van der Waals surface area (Å²) >= 11 is 2.51. The molecule has 11 nitrogen and oxygen atoms in total. The van der Waals surface area contributed by atoms with Crippen molar-refractivity contribution in [2.75, 3.05) is 24.4 Å². The molecule has 0 saturated heterocycles. The lowest BCUT2D eigenvalue weighted by Gasteiger charge is -2.18. The zero-order chi connectivity index (χ0) is 33.4. The van der Waals surface area contributed by atoms with E-state index in [0.717, 1.165) is 5.56 Å². The second-order valence-electron chi connectivity index (χ2n) is 11.0. The maximum Gasteiger partial charge on any atom is 0.428 e. The van der Waals surface area contributed by atoms with Gasteiger partial charge >= 0.3 is 12.1 Å². The molecule has 0 aliphatic rings. The molecule has 242 valence electrons. The normalized spacial score (nSPS) is 11.8. The Morgan fingerprint density at radius 2 is 1.80 bits per heavy atom. The van der Waals surface area contributed by atoms with E-state index in [-0.39, 0.29) is 34.5 Å². The number of thiophene rings is 1. The van der Waals surface area contributed by atoms with E-state index < -0.39 is 21.5 Å². The number of sulfone groups is 1. The van der Waals surface area contributed by atoms with Gasteiger partial charge in [0.2, 0.25) is 15.7 Å². The molecule has 0 fully saturated rings. The monoisotopic (exact) mass is 674 g/mol. The van der Waals surface area contributed by atoms with E-state index >= 15 is 0 Å². The van der Waals surface area contributed by atoms with Gasteiger partial charge in [-0.15, -0.1) is 23.1 Å². The molecule has 0 bridgehead atoms. The smallest absolute Gasteiger partial charge is 0.428 e. The molecule has 0 atom stereocenters. The summed E-state index contributed by atoms with van der Waals surface area (Å²) in [6.45, 7) is 7.03. The van der Waals surface area contributed by atoms with Crippen LogP contribution in [0.25, 0.3) is 11.1 Å². The van der Waals surface area contributed by atoms with Gasteiger partial charge < -0.3 is 20.5 Å². The van der Waals surface area contributed by atoms with Gasteiger partial charge in [0.25, 0.3) is 0 Å². The number of anilines is 2. The summed E-state index contributed by atoms with van der Waals surface area (Å²) in [6.07, 6.45) is 3.85. The summed E-state index contributed by atoms with van der Waals surface area (Å²) in [5.41, 5.74) is 10.6. The van der Waals surface area contributed by atoms with Crippen LogP contribution in [0.5, 0.6) is 0 Å². The quantitative estimate of drug-likeness (QED) is 0.0493.